The van der Waals surface area contributed by atoms with Crippen LogP contribution in [0.25, 0.3) is 11.1 Å². The van der Waals surface area contributed by atoms with E-state index < -0.39 is 0 Å². The fourth-order valence-corrected chi connectivity index (χ4v) is 1.60. The number of nitrogens with zero attached hydrogens (tertiary/aromatic N) is 1. The molecule has 0 aliphatic heterocycles. The van der Waals surface area contributed by atoms with Crippen LogP contribution in [0, 0.1) is 23.1 Å². The lowest BCUT2D eigenvalue weighted by Gasteiger charge is -2.03. The zero-order valence-electron chi connectivity index (χ0n) is 8.81. The molecule has 2 rings (SSSR count). The quantitative estimate of drug-likeness (QED) is 0.565. The van der Waals surface area contributed by atoms with Crippen LogP contribution in [0.3, 0.4) is 0 Å². The molecule has 0 spiro atoms. The average molecular weight is 212 g/mol. The maximum atomic E-state index is 10.9. The van der Waals surface area contributed by atoms with E-state index in [1.165, 1.54) is 6.07 Å². The molecule has 2 aromatic rings. The summed E-state index contributed by atoms with van der Waals surface area (Å²) in [5, 5.41) is 10.9. The summed E-state index contributed by atoms with van der Waals surface area (Å²) in [6.45, 7) is 1.92. The largest absolute Gasteiger partial charge is 0.277 e. The smallest absolute Gasteiger partial charge is 0.258 e. The van der Waals surface area contributed by atoms with Crippen LogP contribution in [0.5, 0.6) is 0 Å². The Balaban J connectivity index is 2.63. The van der Waals surface area contributed by atoms with Gasteiger partial charge in [-0.15, -0.1) is 0 Å². The van der Waals surface area contributed by atoms with Crippen LogP contribution in [-0.4, -0.2) is 4.92 Å². The molecule has 0 aliphatic rings. The zero-order valence-corrected chi connectivity index (χ0v) is 8.81. The van der Waals surface area contributed by atoms with Crippen LogP contribution in [0.15, 0.2) is 42.5 Å². The van der Waals surface area contributed by atoms with Crippen LogP contribution in [0.4, 0.5) is 5.69 Å². The highest BCUT2D eigenvalue weighted by Gasteiger charge is 2.14. The summed E-state index contributed by atoms with van der Waals surface area (Å²) in [6, 6.07) is 15.2. The monoisotopic (exact) mass is 212 g/mol. The minimum atomic E-state index is -0.359. The highest BCUT2D eigenvalue weighted by molar-refractivity contribution is 5.73. The minimum Gasteiger partial charge on any atom is -0.258 e. The number of hydrogen-bond acceptors (Lipinski definition) is 2. The summed E-state index contributed by atoms with van der Waals surface area (Å²) in [5.74, 6) is 0. The van der Waals surface area contributed by atoms with Crippen LogP contribution in [-0.2, 0) is 0 Å². The van der Waals surface area contributed by atoms with Gasteiger partial charge in [-0.3, -0.25) is 10.1 Å². The van der Waals surface area contributed by atoms with Crippen molar-refractivity contribution in [2.45, 2.75) is 6.92 Å². The summed E-state index contributed by atoms with van der Waals surface area (Å²) in [4.78, 5) is 10.5. The molecule has 3 heteroatoms. The first-order valence-corrected chi connectivity index (χ1v) is 4.90. The topological polar surface area (TPSA) is 43.1 Å². The van der Waals surface area contributed by atoms with E-state index in [9.17, 15) is 10.1 Å². The predicted molar refractivity (Wildman–Crippen MR) is 62.1 cm³/mol. The van der Waals surface area contributed by atoms with Gasteiger partial charge in [0.05, 0.1) is 10.5 Å². The Morgan fingerprint density at radius 1 is 1.31 bits per heavy atom. The van der Waals surface area contributed by atoms with Gasteiger partial charge < -0.3 is 0 Å². The maximum Gasteiger partial charge on any atom is 0.277 e. The van der Waals surface area contributed by atoms with Gasteiger partial charge in [0.2, 0.25) is 0 Å². The van der Waals surface area contributed by atoms with E-state index in [0.29, 0.717) is 5.56 Å². The molecule has 0 saturated heterocycles. The van der Waals surface area contributed by atoms with Gasteiger partial charge in [-0.05, 0) is 30.7 Å². The van der Waals surface area contributed by atoms with E-state index in [0.717, 1.165) is 11.1 Å². The van der Waals surface area contributed by atoms with Crippen molar-refractivity contribution in [2.75, 3.05) is 0 Å². The Kier molecular flexibility index (Phi) is 2.68. The molecule has 0 atom stereocenters. The summed E-state index contributed by atoms with van der Waals surface area (Å²) >= 11 is 0. The molecule has 0 N–H and O–H groups in total. The van der Waals surface area contributed by atoms with Crippen LogP contribution < -0.4 is 0 Å². The molecule has 0 fully saturated rings. The molecule has 79 valence electrons. The Morgan fingerprint density at radius 2 is 2.12 bits per heavy atom. The summed E-state index contributed by atoms with van der Waals surface area (Å²) in [6.07, 6.45) is 0. The van der Waals surface area contributed by atoms with E-state index in [2.05, 4.69) is 6.07 Å². The van der Waals surface area contributed by atoms with Crippen molar-refractivity contribution < 1.29 is 4.92 Å². The summed E-state index contributed by atoms with van der Waals surface area (Å²) in [5.41, 5.74) is 2.59. The number of nitro groups is 1. The maximum absolute atomic E-state index is 10.9. The van der Waals surface area contributed by atoms with E-state index in [-0.39, 0.29) is 10.6 Å². The lowest BCUT2D eigenvalue weighted by Crippen LogP contribution is -1.92. The van der Waals surface area contributed by atoms with E-state index >= 15 is 0 Å². The lowest BCUT2D eigenvalue weighted by atomic mass is 10.0. The molecule has 0 bridgehead atoms. The average Bonchev–Trinajstić information content (AvgIpc) is 2.29. The molecule has 0 unspecified atom stereocenters. The van der Waals surface area contributed by atoms with Gasteiger partial charge in [0.25, 0.3) is 5.69 Å². The molecule has 0 amide bonds. The number of aryl methyl sites for hydroxylation is 1. The molecule has 1 radical (unpaired) electrons. The minimum absolute atomic E-state index is 0.130. The Bertz CT molecular complexity index is 521. The molecule has 0 aromatic heterocycles. The van der Waals surface area contributed by atoms with Crippen LogP contribution in [0.2, 0.25) is 0 Å². The molecule has 3 nitrogen and oxygen atoms in total. The Hall–Kier alpha value is -2.16. The van der Waals surface area contributed by atoms with Gasteiger partial charge in [-0.2, -0.15) is 0 Å². The van der Waals surface area contributed by atoms with Crippen molar-refractivity contribution in [3.05, 3.63) is 64.2 Å². The van der Waals surface area contributed by atoms with Crippen molar-refractivity contribution in [1.82, 2.24) is 0 Å². The van der Waals surface area contributed by atoms with Gasteiger partial charge in [0.1, 0.15) is 0 Å². The molecular weight excluding hydrogens is 202 g/mol. The summed E-state index contributed by atoms with van der Waals surface area (Å²) < 4.78 is 0. The fourth-order valence-electron chi connectivity index (χ4n) is 1.60. The second-order valence-electron chi connectivity index (χ2n) is 3.57. The molecule has 0 aliphatic carbocycles. The van der Waals surface area contributed by atoms with Gasteiger partial charge >= 0.3 is 0 Å². The van der Waals surface area contributed by atoms with Crippen molar-refractivity contribution in [2.24, 2.45) is 0 Å². The van der Waals surface area contributed by atoms with E-state index in [4.69, 9.17) is 0 Å². The van der Waals surface area contributed by atoms with Crippen molar-refractivity contribution in [3.63, 3.8) is 0 Å². The molecule has 0 saturated carbocycles. The normalized spacial score (nSPS) is 10.1. The van der Waals surface area contributed by atoms with E-state index in [1.54, 1.807) is 18.2 Å². The first kappa shape index (κ1) is 10.4. The first-order chi connectivity index (χ1) is 7.68. The highest BCUT2D eigenvalue weighted by atomic mass is 16.6. The third-order valence-electron chi connectivity index (χ3n) is 2.37. The second-order valence-corrected chi connectivity index (χ2v) is 3.57. The Labute approximate surface area is 93.5 Å². The van der Waals surface area contributed by atoms with Crippen molar-refractivity contribution in [3.8, 4) is 11.1 Å². The van der Waals surface area contributed by atoms with Gasteiger partial charge in [-0.25, -0.2) is 0 Å². The number of rotatable bonds is 2. The second kappa shape index (κ2) is 4.14. The Morgan fingerprint density at radius 3 is 2.75 bits per heavy atom. The first-order valence-electron chi connectivity index (χ1n) is 4.90. The molecule has 2 aromatic carbocycles. The third-order valence-corrected chi connectivity index (χ3v) is 2.37. The molecule has 16 heavy (non-hydrogen) atoms. The third kappa shape index (κ3) is 1.93. The number of benzene rings is 2. The van der Waals surface area contributed by atoms with Crippen LogP contribution >= 0.6 is 0 Å². The van der Waals surface area contributed by atoms with Gasteiger partial charge in [0, 0.05) is 6.07 Å². The van der Waals surface area contributed by atoms with Gasteiger partial charge in [-0.1, -0.05) is 29.8 Å². The van der Waals surface area contributed by atoms with Crippen molar-refractivity contribution in [1.29, 1.82) is 0 Å². The zero-order chi connectivity index (χ0) is 11.5. The van der Waals surface area contributed by atoms with Gasteiger partial charge in [0.15, 0.2) is 0 Å². The molecular formula is C13H10NO2. The standard InChI is InChI=1S/C13H10NO2/c1-10-7-8-13(14(15)16)12(9-10)11-5-3-2-4-6-11/h2-3,5-9H,1H3. The highest BCUT2D eigenvalue weighted by Crippen LogP contribution is 2.30. The SMILES string of the molecule is Cc1ccc([N+](=O)[O-])c(-c2c[c]ccc2)c1. The predicted octanol–water partition coefficient (Wildman–Crippen LogP) is 3.37. The number of nitro benzene ring substituents is 1. The fraction of sp³-hybridized carbons (Fsp3) is 0.0769. The van der Waals surface area contributed by atoms with Crippen LogP contribution in [0.1, 0.15) is 5.56 Å². The molecule has 0 heterocycles. The summed E-state index contributed by atoms with van der Waals surface area (Å²) in [7, 11) is 0. The van der Waals surface area contributed by atoms with Crippen molar-refractivity contribution >= 4 is 5.69 Å². The van der Waals surface area contributed by atoms with E-state index in [1.807, 2.05) is 25.1 Å². The number of hydrogen-bond donors (Lipinski definition) is 0. The lowest BCUT2D eigenvalue weighted by molar-refractivity contribution is -0.384.